The summed E-state index contributed by atoms with van der Waals surface area (Å²) in [5.41, 5.74) is 3.40. The Labute approximate surface area is 160 Å². The van der Waals surface area contributed by atoms with Crippen LogP contribution >= 0.6 is 23.1 Å². The third-order valence-corrected chi connectivity index (χ3v) is 6.10. The minimum absolute atomic E-state index is 0.159. The Bertz CT molecular complexity index is 1010. The van der Waals surface area contributed by atoms with Crippen molar-refractivity contribution < 1.29 is 4.79 Å². The highest BCUT2D eigenvalue weighted by Gasteiger charge is 2.14. The molecule has 0 aliphatic heterocycles. The minimum atomic E-state index is 0.159. The van der Waals surface area contributed by atoms with Crippen molar-refractivity contribution in [3.63, 3.8) is 0 Å². The molecule has 130 valence electrons. The van der Waals surface area contributed by atoms with Gasteiger partial charge in [0.25, 0.3) is 0 Å². The molecule has 0 spiro atoms. The molecule has 0 aliphatic rings. The first-order valence-corrected chi connectivity index (χ1v) is 10.4. The Hall–Kier alpha value is -2.37. The number of carbonyl (C=O) groups excluding carboxylic acids is 1. The smallest absolute Gasteiger partial charge is 0.183 e. The number of thioether (sulfide) groups is 1. The molecule has 2 aromatic carbocycles. The van der Waals surface area contributed by atoms with Gasteiger partial charge in [0.2, 0.25) is 0 Å². The van der Waals surface area contributed by atoms with E-state index in [2.05, 4.69) is 34.9 Å². The monoisotopic (exact) mass is 378 g/mol. The molecule has 0 amide bonds. The standard InChI is InChI=1S/C21H18N2OS2/c24-19(20-11-6-14-25-20)15-26-21-22-17-9-4-5-10-18(17)23(21)13-12-16-7-2-1-3-8-16/h1-11,14H,12-13,15H2. The number of rotatable bonds is 7. The van der Waals surface area contributed by atoms with Gasteiger partial charge in [-0.2, -0.15) is 0 Å². The molecule has 4 rings (SSSR count). The van der Waals surface area contributed by atoms with Crippen LogP contribution in [0.3, 0.4) is 0 Å². The second kappa shape index (κ2) is 7.89. The number of benzene rings is 2. The Kier molecular flexibility index (Phi) is 5.18. The van der Waals surface area contributed by atoms with Crippen molar-refractivity contribution in [2.45, 2.75) is 18.1 Å². The summed E-state index contributed by atoms with van der Waals surface area (Å²) in [6.45, 7) is 0.847. The van der Waals surface area contributed by atoms with Crippen LogP contribution in [0.4, 0.5) is 0 Å². The van der Waals surface area contributed by atoms with Gasteiger partial charge in [0.1, 0.15) is 0 Å². The van der Waals surface area contributed by atoms with Crippen LogP contribution in [0.5, 0.6) is 0 Å². The van der Waals surface area contributed by atoms with Gasteiger partial charge in [0, 0.05) is 6.54 Å². The molecule has 0 atom stereocenters. The third kappa shape index (κ3) is 3.74. The molecule has 26 heavy (non-hydrogen) atoms. The Morgan fingerprint density at radius 2 is 1.81 bits per heavy atom. The SMILES string of the molecule is O=C(CSc1nc2ccccc2n1CCc1ccccc1)c1cccs1. The van der Waals surface area contributed by atoms with Crippen molar-refractivity contribution in [3.8, 4) is 0 Å². The van der Waals surface area contributed by atoms with Crippen molar-refractivity contribution in [3.05, 3.63) is 82.6 Å². The number of ketones is 1. The van der Waals surface area contributed by atoms with Crippen molar-refractivity contribution >= 4 is 39.9 Å². The van der Waals surface area contributed by atoms with Crippen LogP contribution in [-0.2, 0) is 13.0 Å². The average molecular weight is 379 g/mol. The first-order chi connectivity index (χ1) is 12.8. The largest absolute Gasteiger partial charge is 0.319 e. The number of aryl methyl sites for hydroxylation is 2. The zero-order chi connectivity index (χ0) is 17.8. The molecule has 2 aromatic heterocycles. The number of thiophene rings is 1. The summed E-state index contributed by atoms with van der Waals surface area (Å²) in [4.78, 5) is 17.9. The van der Waals surface area contributed by atoms with E-state index in [1.165, 1.54) is 28.7 Å². The summed E-state index contributed by atoms with van der Waals surface area (Å²) in [5.74, 6) is 0.571. The summed E-state index contributed by atoms with van der Waals surface area (Å²) in [5, 5.41) is 2.85. The van der Waals surface area contributed by atoms with E-state index in [0.717, 1.165) is 34.0 Å². The molecular weight excluding hydrogens is 360 g/mol. The van der Waals surface area contributed by atoms with Crippen LogP contribution in [0.2, 0.25) is 0 Å². The normalized spacial score (nSPS) is 11.1. The first-order valence-electron chi connectivity index (χ1n) is 8.50. The number of hydrogen-bond acceptors (Lipinski definition) is 4. The number of Topliss-reactive ketones (excluding diaryl/α,β-unsaturated/α-hetero) is 1. The van der Waals surface area contributed by atoms with Crippen LogP contribution in [0.25, 0.3) is 11.0 Å². The lowest BCUT2D eigenvalue weighted by atomic mass is 10.1. The van der Waals surface area contributed by atoms with Crippen LogP contribution < -0.4 is 0 Å². The van der Waals surface area contributed by atoms with E-state index in [9.17, 15) is 4.79 Å². The van der Waals surface area contributed by atoms with E-state index >= 15 is 0 Å². The third-order valence-electron chi connectivity index (χ3n) is 4.21. The van der Waals surface area contributed by atoms with E-state index in [1.54, 1.807) is 0 Å². The van der Waals surface area contributed by atoms with Crippen molar-refractivity contribution in [1.82, 2.24) is 9.55 Å². The van der Waals surface area contributed by atoms with E-state index in [4.69, 9.17) is 4.98 Å². The number of aromatic nitrogens is 2. The van der Waals surface area contributed by atoms with Crippen LogP contribution in [0.1, 0.15) is 15.2 Å². The maximum atomic E-state index is 12.3. The van der Waals surface area contributed by atoms with Gasteiger partial charge in [-0.15, -0.1) is 11.3 Å². The molecule has 0 saturated heterocycles. The Balaban J connectivity index is 1.56. The lowest BCUT2D eigenvalue weighted by Crippen LogP contribution is -2.05. The van der Waals surface area contributed by atoms with Gasteiger partial charge in [0.05, 0.1) is 21.7 Å². The van der Waals surface area contributed by atoms with E-state index in [-0.39, 0.29) is 5.78 Å². The van der Waals surface area contributed by atoms with Crippen LogP contribution in [-0.4, -0.2) is 21.1 Å². The number of nitrogens with zero attached hydrogens (tertiary/aromatic N) is 2. The zero-order valence-corrected chi connectivity index (χ0v) is 15.8. The fourth-order valence-corrected chi connectivity index (χ4v) is 4.58. The van der Waals surface area contributed by atoms with Crippen molar-refractivity contribution in [2.24, 2.45) is 0 Å². The van der Waals surface area contributed by atoms with Crippen molar-refractivity contribution in [2.75, 3.05) is 5.75 Å². The lowest BCUT2D eigenvalue weighted by Gasteiger charge is -2.09. The molecule has 0 aliphatic carbocycles. The van der Waals surface area contributed by atoms with Gasteiger partial charge < -0.3 is 4.57 Å². The molecule has 0 bridgehead atoms. The number of imidazole rings is 1. The van der Waals surface area contributed by atoms with E-state index in [0.29, 0.717) is 5.75 Å². The molecule has 3 nitrogen and oxygen atoms in total. The van der Waals surface area contributed by atoms with Gasteiger partial charge >= 0.3 is 0 Å². The second-order valence-corrected chi connectivity index (χ2v) is 7.85. The van der Waals surface area contributed by atoms with Gasteiger partial charge in [-0.25, -0.2) is 4.98 Å². The van der Waals surface area contributed by atoms with E-state index < -0.39 is 0 Å². The van der Waals surface area contributed by atoms with E-state index in [1.807, 2.05) is 41.8 Å². The molecule has 4 aromatic rings. The number of hydrogen-bond donors (Lipinski definition) is 0. The fraction of sp³-hybridized carbons (Fsp3) is 0.143. The summed E-state index contributed by atoms with van der Waals surface area (Å²) in [6, 6.07) is 22.4. The Morgan fingerprint density at radius 3 is 2.62 bits per heavy atom. The molecule has 0 radical (unpaired) electrons. The van der Waals surface area contributed by atoms with Gasteiger partial charge in [-0.05, 0) is 35.6 Å². The predicted octanol–water partition coefficient (Wildman–Crippen LogP) is 5.32. The molecular formula is C21H18N2OS2. The zero-order valence-electron chi connectivity index (χ0n) is 14.2. The van der Waals surface area contributed by atoms with Gasteiger partial charge in [0.15, 0.2) is 10.9 Å². The number of fused-ring (bicyclic) bond motifs is 1. The molecule has 0 saturated carbocycles. The molecule has 2 heterocycles. The molecule has 0 N–H and O–H groups in total. The molecule has 5 heteroatoms. The first kappa shape index (κ1) is 17.1. The predicted molar refractivity (Wildman–Crippen MR) is 109 cm³/mol. The highest BCUT2D eigenvalue weighted by atomic mass is 32.2. The number of para-hydroxylation sites is 2. The maximum absolute atomic E-state index is 12.3. The molecule has 0 unspecified atom stereocenters. The maximum Gasteiger partial charge on any atom is 0.183 e. The van der Waals surface area contributed by atoms with Crippen molar-refractivity contribution in [1.29, 1.82) is 0 Å². The summed E-state index contributed by atoms with van der Waals surface area (Å²) in [6.07, 6.45) is 0.938. The van der Waals surface area contributed by atoms with Gasteiger partial charge in [-0.1, -0.05) is 60.3 Å². The van der Waals surface area contributed by atoms with Crippen LogP contribution in [0.15, 0.2) is 77.3 Å². The number of carbonyl (C=O) groups is 1. The average Bonchev–Trinajstić information content (AvgIpc) is 3.33. The second-order valence-electron chi connectivity index (χ2n) is 5.96. The summed E-state index contributed by atoms with van der Waals surface area (Å²) >= 11 is 3.02. The topological polar surface area (TPSA) is 34.9 Å². The Morgan fingerprint density at radius 1 is 1.00 bits per heavy atom. The minimum Gasteiger partial charge on any atom is -0.319 e. The fourth-order valence-electron chi connectivity index (χ4n) is 2.90. The summed E-state index contributed by atoms with van der Waals surface area (Å²) < 4.78 is 2.23. The lowest BCUT2D eigenvalue weighted by molar-refractivity contribution is 0.102. The quantitative estimate of drug-likeness (QED) is 0.323. The molecule has 0 fully saturated rings. The highest BCUT2D eigenvalue weighted by Crippen LogP contribution is 2.26. The summed E-state index contributed by atoms with van der Waals surface area (Å²) in [7, 11) is 0. The highest BCUT2D eigenvalue weighted by molar-refractivity contribution is 7.99. The van der Waals surface area contributed by atoms with Gasteiger partial charge in [-0.3, -0.25) is 4.79 Å². The van der Waals surface area contributed by atoms with Crippen LogP contribution in [0, 0.1) is 0 Å².